The smallest absolute Gasteiger partial charge is 0.119 e. The molecule has 0 saturated carbocycles. The molecule has 3 rings (SSSR count). The van der Waals surface area contributed by atoms with Crippen molar-refractivity contribution in [1.29, 1.82) is 5.26 Å². The summed E-state index contributed by atoms with van der Waals surface area (Å²) < 4.78 is 5.76. The van der Waals surface area contributed by atoms with Gasteiger partial charge in [0.15, 0.2) is 0 Å². The minimum Gasteiger partial charge on any atom is -0.489 e. The Morgan fingerprint density at radius 2 is 1.68 bits per heavy atom. The van der Waals surface area contributed by atoms with E-state index in [2.05, 4.69) is 16.6 Å². The zero-order chi connectivity index (χ0) is 19.8. The van der Waals surface area contributed by atoms with Crippen LogP contribution in [0.15, 0.2) is 71.8 Å². The second-order valence-corrected chi connectivity index (χ2v) is 6.73. The Kier molecular flexibility index (Phi) is 6.91. The highest BCUT2D eigenvalue weighted by Crippen LogP contribution is 2.23. The van der Waals surface area contributed by atoms with Crippen LogP contribution in [0.3, 0.4) is 0 Å². The topological polar surface area (TPSA) is 57.4 Å². The van der Waals surface area contributed by atoms with Crippen LogP contribution in [0.25, 0.3) is 0 Å². The van der Waals surface area contributed by atoms with E-state index in [0.29, 0.717) is 28.8 Å². The lowest BCUT2D eigenvalue weighted by Gasteiger charge is -2.08. The third-order valence-corrected chi connectivity index (χ3v) is 4.74. The third kappa shape index (κ3) is 5.26. The molecule has 1 N–H and O–H groups in total. The maximum Gasteiger partial charge on any atom is 0.119 e. The van der Waals surface area contributed by atoms with Gasteiger partial charge in [0, 0.05) is 21.2 Å². The van der Waals surface area contributed by atoms with Gasteiger partial charge in [0.1, 0.15) is 12.4 Å². The summed E-state index contributed by atoms with van der Waals surface area (Å²) in [7, 11) is 0. The lowest BCUT2D eigenvalue weighted by Crippen LogP contribution is -2.06. The third-order valence-electron chi connectivity index (χ3n) is 4.03. The van der Waals surface area contributed by atoms with Crippen LogP contribution in [0, 0.1) is 11.3 Å². The molecule has 3 aromatic rings. The Morgan fingerprint density at radius 3 is 2.39 bits per heavy atom. The summed E-state index contributed by atoms with van der Waals surface area (Å²) >= 11 is 12.3. The van der Waals surface area contributed by atoms with Gasteiger partial charge in [-0.1, -0.05) is 47.5 Å². The van der Waals surface area contributed by atoms with Crippen LogP contribution in [-0.4, -0.2) is 6.21 Å². The van der Waals surface area contributed by atoms with E-state index in [1.165, 1.54) is 0 Å². The molecule has 0 aliphatic rings. The van der Waals surface area contributed by atoms with Gasteiger partial charge in [-0.15, -0.1) is 0 Å². The van der Waals surface area contributed by atoms with Crippen LogP contribution in [0.5, 0.6) is 5.75 Å². The average Bonchev–Trinajstić information content (AvgIpc) is 2.72. The monoisotopic (exact) mass is 409 g/mol. The molecule has 140 valence electrons. The highest BCUT2D eigenvalue weighted by Gasteiger charge is 2.04. The molecule has 0 aliphatic carbocycles. The first kappa shape index (κ1) is 19.8. The summed E-state index contributed by atoms with van der Waals surface area (Å²) in [4.78, 5) is 0. The number of hydrazone groups is 1. The Labute approximate surface area is 174 Å². The van der Waals surface area contributed by atoms with Crippen LogP contribution in [0.1, 0.15) is 22.3 Å². The quantitative estimate of drug-likeness (QED) is 0.409. The molecule has 3 aromatic carbocycles. The zero-order valence-electron chi connectivity index (χ0n) is 14.9. The molecular formula is C22H17Cl2N3O. The van der Waals surface area contributed by atoms with Crippen LogP contribution >= 0.6 is 23.2 Å². The molecule has 0 unspecified atom stereocenters. The summed E-state index contributed by atoms with van der Waals surface area (Å²) in [6.07, 6.45) is 1.71. The number of hydrogen-bond acceptors (Lipinski definition) is 4. The first-order valence-corrected chi connectivity index (χ1v) is 9.32. The normalized spacial score (nSPS) is 10.6. The molecule has 28 heavy (non-hydrogen) atoms. The van der Waals surface area contributed by atoms with Crippen molar-refractivity contribution in [3.63, 3.8) is 0 Å². The number of nitriles is 1. The standard InChI is InChI=1S/C22H17Cl2N3O/c23-21-6-3-7-22(24)20(21)14-27-26-13-16-8-10-19(11-9-16)28-15-18-5-2-1-4-17(18)12-25/h1-11,13,27H,14-15H2/b26-13+. The van der Waals surface area contributed by atoms with E-state index in [1.807, 2.05) is 42.5 Å². The summed E-state index contributed by atoms with van der Waals surface area (Å²) in [6, 6.07) is 22.5. The van der Waals surface area contributed by atoms with Crippen LogP contribution < -0.4 is 10.2 Å². The van der Waals surface area contributed by atoms with Gasteiger partial charge in [-0.2, -0.15) is 10.4 Å². The van der Waals surface area contributed by atoms with Gasteiger partial charge in [0.05, 0.1) is 24.4 Å². The fraction of sp³-hybridized carbons (Fsp3) is 0.0909. The van der Waals surface area contributed by atoms with E-state index in [-0.39, 0.29) is 0 Å². The van der Waals surface area contributed by atoms with Gasteiger partial charge in [-0.25, -0.2) is 0 Å². The zero-order valence-corrected chi connectivity index (χ0v) is 16.4. The molecule has 0 heterocycles. The molecule has 0 bridgehead atoms. The molecule has 0 amide bonds. The second kappa shape index (κ2) is 9.80. The minimum absolute atomic E-state index is 0.345. The first-order chi connectivity index (χ1) is 13.7. The van der Waals surface area contributed by atoms with Gasteiger partial charge in [-0.3, -0.25) is 0 Å². The maximum atomic E-state index is 9.12. The Bertz CT molecular complexity index is 991. The van der Waals surface area contributed by atoms with Gasteiger partial charge in [-0.05, 0) is 48.0 Å². The summed E-state index contributed by atoms with van der Waals surface area (Å²) in [5, 5.41) is 14.5. The lowest BCUT2D eigenvalue weighted by atomic mass is 10.1. The Morgan fingerprint density at radius 1 is 0.964 bits per heavy atom. The fourth-order valence-corrected chi connectivity index (χ4v) is 3.04. The van der Waals surface area contributed by atoms with Crippen molar-refractivity contribution < 1.29 is 4.74 Å². The van der Waals surface area contributed by atoms with Crippen molar-refractivity contribution in [1.82, 2.24) is 5.43 Å². The number of benzene rings is 3. The van der Waals surface area contributed by atoms with Crippen molar-refractivity contribution in [3.05, 3.63) is 99.0 Å². The summed E-state index contributed by atoms with van der Waals surface area (Å²) in [5.74, 6) is 0.723. The number of nitrogens with one attached hydrogen (secondary N) is 1. The van der Waals surface area contributed by atoms with Crippen molar-refractivity contribution in [2.75, 3.05) is 0 Å². The van der Waals surface area contributed by atoms with E-state index < -0.39 is 0 Å². The minimum atomic E-state index is 0.345. The largest absolute Gasteiger partial charge is 0.489 e. The Balaban J connectivity index is 1.53. The van der Waals surface area contributed by atoms with Crippen LogP contribution in [0.2, 0.25) is 10.0 Å². The second-order valence-electron chi connectivity index (χ2n) is 5.92. The van der Waals surface area contributed by atoms with Crippen LogP contribution in [-0.2, 0) is 13.2 Å². The predicted octanol–water partition coefficient (Wildman–Crippen LogP) is 5.57. The molecule has 0 spiro atoms. The first-order valence-electron chi connectivity index (χ1n) is 8.57. The van der Waals surface area contributed by atoms with Crippen molar-refractivity contribution in [3.8, 4) is 11.8 Å². The summed E-state index contributed by atoms with van der Waals surface area (Å²) in [5.41, 5.74) is 6.15. The van der Waals surface area contributed by atoms with Crippen LogP contribution in [0.4, 0.5) is 0 Å². The van der Waals surface area contributed by atoms with E-state index in [1.54, 1.807) is 30.5 Å². The maximum absolute atomic E-state index is 9.12. The molecule has 4 nitrogen and oxygen atoms in total. The molecule has 6 heteroatoms. The van der Waals surface area contributed by atoms with Gasteiger partial charge in [0.2, 0.25) is 0 Å². The molecule has 0 fully saturated rings. The lowest BCUT2D eigenvalue weighted by molar-refractivity contribution is 0.306. The molecule has 0 atom stereocenters. The molecule has 0 saturated heterocycles. The Hall–Kier alpha value is -3.00. The van der Waals surface area contributed by atoms with Gasteiger partial charge in [0.25, 0.3) is 0 Å². The SMILES string of the molecule is N#Cc1ccccc1COc1ccc(/C=N/NCc2c(Cl)cccc2Cl)cc1. The molecule has 0 aliphatic heterocycles. The number of halogens is 2. The van der Waals surface area contributed by atoms with E-state index in [9.17, 15) is 0 Å². The fourth-order valence-electron chi connectivity index (χ4n) is 2.51. The van der Waals surface area contributed by atoms with Gasteiger partial charge < -0.3 is 10.2 Å². The number of ether oxygens (including phenoxy) is 1. The van der Waals surface area contributed by atoms with E-state index in [0.717, 1.165) is 22.4 Å². The van der Waals surface area contributed by atoms with E-state index in [4.69, 9.17) is 33.2 Å². The highest BCUT2D eigenvalue weighted by molar-refractivity contribution is 6.35. The molecular weight excluding hydrogens is 393 g/mol. The van der Waals surface area contributed by atoms with Crippen molar-refractivity contribution >= 4 is 29.4 Å². The van der Waals surface area contributed by atoms with Crippen molar-refractivity contribution in [2.24, 2.45) is 5.10 Å². The number of nitrogens with zero attached hydrogens (tertiary/aromatic N) is 2. The van der Waals surface area contributed by atoms with Crippen molar-refractivity contribution in [2.45, 2.75) is 13.2 Å². The number of hydrogen-bond donors (Lipinski definition) is 1. The molecule has 0 aromatic heterocycles. The highest BCUT2D eigenvalue weighted by atomic mass is 35.5. The predicted molar refractivity (Wildman–Crippen MR) is 113 cm³/mol. The summed E-state index contributed by atoms with van der Waals surface area (Å²) in [6.45, 7) is 0.784. The van der Waals surface area contributed by atoms with E-state index >= 15 is 0 Å². The molecule has 0 radical (unpaired) electrons. The average molecular weight is 410 g/mol. The number of rotatable bonds is 7. The van der Waals surface area contributed by atoms with Gasteiger partial charge >= 0.3 is 0 Å².